The lowest BCUT2D eigenvalue weighted by atomic mass is 10.3. The molecule has 11 nitrogen and oxygen atoms in total. The summed E-state index contributed by atoms with van der Waals surface area (Å²) in [4.78, 5) is 34.2. The number of nitrogens with zero attached hydrogens (tertiary/aromatic N) is 5. The molecule has 2 amide bonds. The molecule has 2 aromatic heterocycles. The summed E-state index contributed by atoms with van der Waals surface area (Å²) in [6.45, 7) is 6.35. The third-order valence-corrected chi connectivity index (χ3v) is 3.56. The van der Waals surface area contributed by atoms with Crippen LogP contribution in [0.2, 0.25) is 0 Å². The van der Waals surface area contributed by atoms with E-state index < -0.39 is 16.7 Å². The second-order valence-corrected chi connectivity index (χ2v) is 5.62. The van der Waals surface area contributed by atoms with E-state index in [1.807, 2.05) is 19.9 Å². The molecule has 0 spiro atoms. The molecule has 0 bridgehead atoms. The molecule has 2 heterocycles. The number of nitro groups is 1. The number of aromatic nitrogens is 4. The van der Waals surface area contributed by atoms with Gasteiger partial charge in [0.1, 0.15) is 24.5 Å². The number of hydrogen-bond acceptors (Lipinski definition) is 6. The van der Waals surface area contributed by atoms with Gasteiger partial charge in [0.25, 0.3) is 11.8 Å². The average molecular weight is 349 g/mol. The largest absolute Gasteiger partial charge is 0.312 e. The van der Waals surface area contributed by atoms with Gasteiger partial charge in [-0.3, -0.25) is 39.9 Å². The van der Waals surface area contributed by atoms with E-state index in [4.69, 9.17) is 0 Å². The smallest absolute Gasteiger partial charge is 0.271 e. The summed E-state index contributed by atoms with van der Waals surface area (Å²) in [5, 5.41) is 19.1. The van der Waals surface area contributed by atoms with Crippen LogP contribution in [0.1, 0.15) is 22.8 Å². The Bertz CT molecular complexity index is 837. The number of hydrazine groups is 1. The molecule has 0 unspecified atom stereocenters. The highest BCUT2D eigenvalue weighted by atomic mass is 16.6. The van der Waals surface area contributed by atoms with Crippen LogP contribution in [0, 0.1) is 37.8 Å². The fraction of sp³-hybridized carbons (Fsp3) is 0.429. The first-order valence-electron chi connectivity index (χ1n) is 7.46. The Morgan fingerprint density at radius 2 is 1.64 bits per heavy atom. The van der Waals surface area contributed by atoms with Crippen molar-refractivity contribution in [2.45, 2.75) is 40.8 Å². The molecular weight excluding hydrogens is 330 g/mol. The molecule has 0 radical (unpaired) electrons. The molecule has 0 atom stereocenters. The average Bonchev–Trinajstić information content (AvgIpc) is 2.95. The van der Waals surface area contributed by atoms with E-state index in [-0.39, 0.29) is 30.2 Å². The number of carbonyl (C=O) groups excluding carboxylic acids is 2. The molecule has 2 N–H and O–H groups in total. The van der Waals surface area contributed by atoms with E-state index in [0.29, 0.717) is 0 Å². The molecule has 0 saturated carbocycles. The first-order chi connectivity index (χ1) is 11.7. The van der Waals surface area contributed by atoms with Gasteiger partial charge in [-0.2, -0.15) is 10.2 Å². The van der Waals surface area contributed by atoms with Gasteiger partial charge in [-0.1, -0.05) is 0 Å². The van der Waals surface area contributed by atoms with Crippen molar-refractivity contribution in [3.63, 3.8) is 0 Å². The maximum atomic E-state index is 11.9. The lowest BCUT2D eigenvalue weighted by Gasteiger charge is -2.09. The van der Waals surface area contributed by atoms with Crippen LogP contribution in [0.25, 0.3) is 0 Å². The Hall–Kier alpha value is -3.24. The molecule has 0 saturated heterocycles. The number of aryl methyl sites for hydroxylation is 3. The van der Waals surface area contributed by atoms with Crippen molar-refractivity contribution in [3.05, 3.63) is 39.0 Å². The van der Waals surface area contributed by atoms with Crippen molar-refractivity contribution < 1.29 is 14.5 Å². The van der Waals surface area contributed by atoms with Crippen LogP contribution in [-0.4, -0.2) is 36.3 Å². The van der Waals surface area contributed by atoms with Gasteiger partial charge in [0.15, 0.2) is 0 Å². The number of nitrogens with one attached hydrogen (secondary N) is 2. The zero-order chi connectivity index (χ0) is 18.7. The van der Waals surface area contributed by atoms with Crippen LogP contribution >= 0.6 is 0 Å². The molecule has 25 heavy (non-hydrogen) atoms. The van der Waals surface area contributed by atoms with E-state index in [0.717, 1.165) is 11.4 Å². The van der Waals surface area contributed by atoms with E-state index in [9.17, 15) is 19.7 Å². The zero-order valence-electron chi connectivity index (χ0n) is 14.4. The molecule has 0 fully saturated rings. The van der Waals surface area contributed by atoms with Crippen LogP contribution in [0.5, 0.6) is 0 Å². The van der Waals surface area contributed by atoms with Gasteiger partial charge >= 0.3 is 5.69 Å². The highest BCUT2D eigenvalue weighted by molar-refractivity contribution is 5.81. The SMILES string of the molecule is Cc1cc(C)n(CC(=O)NNC(=O)Cn2nc(C)c([N+](=O)[O-])c2C)n1. The summed E-state index contributed by atoms with van der Waals surface area (Å²) >= 11 is 0. The molecular formula is C14H19N7O4. The maximum absolute atomic E-state index is 11.9. The van der Waals surface area contributed by atoms with Crippen LogP contribution < -0.4 is 10.9 Å². The fourth-order valence-corrected chi connectivity index (χ4v) is 2.43. The first kappa shape index (κ1) is 18.1. The molecule has 11 heteroatoms. The zero-order valence-corrected chi connectivity index (χ0v) is 14.4. The second-order valence-electron chi connectivity index (χ2n) is 5.62. The highest BCUT2D eigenvalue weighted by Crippen LogP contribution is 2.21. The molecule has 0 aliphatic rings. The number of carbonyl (C=O) groups is 2. The van der Waals surface area contributed by atoms with Gasteiger partial charge in [-0.05, 0) is 33.8 Å². The summed E-state index contributed by atoms with van der Waals surface area (Å²) in [7, 11) is 0. The summed E-state index contributed by atoms with van der Waals surface area (Å²) in [5.41, 5.74) is 6.52. The number of rotatable bonds is 5. The lowest BCUT2D eigenvalue weighted by molar-refractivity contribution is -0.386. The predicted molar refractivity (Wildman–Crippen MR) is 86.3 cm³/mol. The molecule has 2 aromatic rings. The summed E-state index contributed by atoms with van der Waals surface area (Å²) in [6, 6.07) is 1.83. The fourth-order valence-electron chi connectivity index (χ4n) is 2.43. The Morgan fingerprint density at radius 1 is 1.08 bits per heavy atom. The summed E-state index contributed by atoms with van der Waals surface area (Å²) in [5.74, 6) is -0.999. The minimum atomic E-state index is -0.554. The molecule has 0 aromatic carbocycles. The minimum Gasteiger partial charge on any atom is -0.271 e. The van der Waals surface area contributed by atoms with E-state index >= 15 is 0 Å². The standard InChI is InChI=1S/C14H19N7O4/c1-8-5-9(2)19(17-8)6-12(22)15-16-13(23)7-20-11(4)14(21(24)25)10(3)18-20/h5H,6-7H2,1-4H3,(H,15,22)(H,16,23). The van der Waals surface area contributed by atoms with Gasteiger partial charge in [0.2, 0.25) is 0 Å². The van der Waals surface area contributed by atoms with Crippen LogP contribution in [0.15, 0.2) is 6.07 Å². The van der Waals surface area contributed by atoms with Gasteiger partial charge in [0.05, 0.1) is 10.6 Å². The van der Waals surface area contributed by atoms with Crippen molar-refractivity contribution in [2.24, 2.45) is 0 Å². The summed E-state index contributed by atoms with van der Waals surface area (Å²) in [6.07, 6.45) is 0. The van der Waals surface area contributed by atoms with Crippen LogP contribution in [-0.2, 0) is 22.7 Å². The van der Waals surface area contributed by atoms with Gasteiger partial charge in [0, 0.05) is 5.69 Å². The lowest BCUT2D eigenvalue weighted by Crippen LogP contribution is -2.44. The monoisotopic (exact) mass is 349 g/mol. The van der Waals surface area contributed by atoms with Gasteiger partial charge in [-0.15, -0.1) is 0 Å². The topological polar surface area (TPSA) is 137 Å². The quantitative estimate of drug-likeness (QED) is 0.579. The normalized spacial score (nSPS) is 10.6. The van der Waals surface area contributed by atoms with Crippen molar-refractivity contribution in [3.8, 4) is 0 Å². The Balaban J connectivity index is 1.91. The summed E-state index contributed by atoms with van der Waals surface area (Å²) < 4.78 is 2.73. The number of hydrogen-bond donors (Lipinski definition) is 2. The first-order valence-corrected chi connectivity index (χ1v) is 7.46. The molecule has 0 aliphatic carbocycles. The third-order valence-electron chi connectivity index (χ3n) is 3.56. The Kier molecular flexibility index (Phi) is 5.15. The van der Waals surface area contributed by atoms with E-state index in [1.54, 1.807) is 0 Å². The molecule has 0 aliphatic heterocycles. The van der Waals surface area contributed by atoms with E-state index in [2.05, 4.69) is 21.0 Å². The van der Waals surface area contributed by atoms with Gasteiger partial charge in [-0.25, -0.2) is 0 Å². The predicted octanol–water partition coefficient (Wildman–Crippen LogP) is 0.0691. The van der Waals surface area contributed by atoms with Crippen LogP contribution in [0.4, 0.5) is 5.69 Å². The van der Waals surface area contributed by atoms with Crippen molar-refractivity contribution >= 4 is 17.5 Å². The third kappa shape index (κ3) is 4.19. The number of amides is 2. The van der Waals surface area contributed by atoms with Crippen LogP contribution in [0.3, 0.4) is 0 Å². The maximum Gasteiger partial charge on any atom is 0.312 e. The van der Waals surface area contributed by atoms with E-state index in [1.165, 1.54) is 23.2 Å². The Labute approximate surface area is 143 Å². The van der Waals surface area contributed by atoms with Gasteiger partial charge < -0.3 is 0 Å². The highest BCUT2D eigenvalue weighted by Gasteiger charge is 2.22. The molecule has 2 rings (SSSR count). The minimum absolute atomic E-state index is 0.0364. The molecule has 134 valence electrons. The van der Waals surface area contributed by atoms with Crippen molar-refractivity contribution in [1.29, 1.82) is 0 Å². The van der Waals surface area contributed by atoms with Crippen molar-refractivity contribution in [2.75, 3.05) is 0 Å². The second kappa shape index (κ2) is 7.11. The Morgan fingerprint density at radius 3 is 2.08 bits per heavy atom. The van der Waals surface area contributed by atoms with Crippen molar-refractivity contribution in [1.82, 2.24) is 30.4 Å².